The average molecular weight is 709 g/mol. The number of allylic oxidation sites excluding steroid dienone is 2. The van der Waals surface area contributed by atoms with Gasteiger partial charge < -0.3 is 14.2 Å². The van der Waals surface area contributed by atoms with Crippen LogP contribution in [0.5, 0.6) is 0 Å². The molecule has 2 aromatic carbocycles. The third kappa shape index (κ3) is 6.14. The summed E-state index contributed by atoms with van der Waals surface area (Å²) < 4.78 is 18.6. The Balaban J connectivity index is 1.18. The summed E-state index contributed by atoms with van der Waals surface area (Å²) in [5.74, 6) is 0.874. The molecule has 0 spiro atoms. The van der Waals surface area contributed by atoms with E-state index in [2.05, 4.69) is 47.6 Å². The third-order valence-electron chi connectivity index (χ3n) is 15.6. The summed E-state index contributed by atoms with van der Waals surface area (Å²) in [5, 5.41) is 0. The first-order valence-corrected chi connectivity index (χ1v) is 20.0. The number of benzene rings is 2. The Kier molecular flexibility index (Phi) is 9.56. The molecular formula is C46H60O6. The molecule has 6 heteroatoms. The highest BCUT2D eigenvalue weighted by molar-refractivity contribution is 5.90. The Morgan fingerprint density at radius 1 is 0.635 bits per heavy atom. The molecule has 4 fully saturated rings. The fourth-order valence-electron chi connectivity index (χ4n) is 13.2. The summed E-state index contributed by atoms with van der Waals surface area (Å²) in [6.45, 7) is 16.3. The molecule has 52 heavy (non-hydrogen) atoms. The highest BCUT2D eigenvalue weighted by Crippen LogP contribution is 2.70. The first-order valence-electron chi connectivity index (χ1n) is 20.0. The zero-order valence-electron chi connectivity index (χ0n) is 32.5. The van der Waals surface area contributed by atoms with Crippen LogP contribution in [0.2, 0.25) is 0 Å². The Labute approximate surface area is 311 Å². The SMILES string of the molecule is CC(=O)O[C@H]1CC[C@]2(C)[C@H]3CC[C@@H]4[C@@]5(C)CC[C@H](OC(=O)c6ccccc6)[C@](C)(COC(=O)c6ccccc6)[C@@H]5CC[C@@]4(C)C=C3CC[C@H]2C1(C)C. The van der Waals surface area contributed by atoms with Gasteiger partial charge in [-0.2, -0.15) is 0 Å². The van der Waals surface area contributed by atoms with Crippen LogP contribution in [-0.4, -0.2) is 36.7 Å². The molecular weight excluding hydrogens is 648 g/mol. The van der Waals surface area contributed by atoms with Gasteiger partial charge in [0.25, 0.3) is 0 Å². The second-order valence-electron chi connectivity index (χ2n) is 18.8. The van der Waals surface area contributed by atoms with E-state index in [1.165, 1.54) is 6.42 Å². The molecule has 5 aliphatic rings. The molecule has 4 saturated carbocycles. The number of hydrogen-bond donors (Lipinski definition) is 0. The van der Waals surface area contributed by atoms with Gasteiger partial charge in [0, 0.05) is 17.8 Å². The van der Waals surface area contributed by atoms with Crippen molar-refractivity contribution in [2.45, 2.75) is 125 Å². The summed E-state index contributed by atoms with van der Waals surface area (Å²) in [6, 6.07) is 18.5. The van der Waals surface area contributed by atoms with Gasteiger partial charge in [0.2, 0.25) is 0 Å². The van der Waals surface area contributed by atoms with Crippen LogP contribution in [0.15, 0.2) is 72.3 Å². The summed E-state index contributed by atoms with van der Waals surface area (Å²) in [4.78, 5) is 39.0. The van der Waals surface area contributed by atoms with Crippen molar-refractivity contribution in [3.63, 3.8) is 0 Å². The predicted octanol–water partition coefficient (Wildman–Crippen LogP) is 10.4. The molecule has 280 valence electrons. The smallest absolute Gasteiger partial charge is 0.338 e. The fourth-order valence-corrected chi connectivity index (χ4v) is 13.2. The van der Waals surface area contributed by atoms with Crippen LogP contribution in [0.1, 0.15) is 133 Å². The summed E-state index contributed by atoms with van der Waals surface area (Å²) in [5.41, 5.74) is 2.34. The van der Waals surface area contributed by atoms with Gasteiger partial charge in [0.05, 0.1) is 11.1 Å². The van der Waals surface area contributed by atoms with E-state index in [9.17, 15) is 14.4 Å². The van der Waals surface area contributed by atoms with Gasteiger partial charge >= 0.3 is 17.9 Å². The lowest BCUT2D eigenvalue weighted by molar-refractivity contribution is -0.185. The van der Waals surface area contributed by atoms with Crippen LogP contribution in [0.3, 0.4) is 0 Å². The first kappa shape index (κ1) is 36.9. The molecule has 0 aromatic heterocycles. The van der Waals surface area contributed by atoms with Gasteiger partial charge in [-0.25, -0.2) is 9.59 Å². The standard InChI is InChI=1S/C46H60O6/c1-30(47)51-38-23-26-44(5)34-19-21-36-43(4,28-33(34)18-20-35(44)42(38,2)3)25-22-37-45(36,6)27-24-39(52-41(49)32-16-12-9-13-17-32)46(37,7)29-50-40(48)31-14-10-8-11-15-31/h8-17,28,34-39H,18-27,29H2,1-7H3/t34-,35-,36-,37+,38-,39-,43-,44+,45+,46+/m0/s1. The molecule has 0 bridgehead atoms. The average Bonchev–Trinajstić information content (AvgIpc) is 3.28. The number of hydrogen-bond acceptors (Lipinski definition) is 6. The molecule has 0 aliphatic heterocycles. The highest BCUT2D eigenvalue weighted by atomic mass is 16.6. The lowest BCUT2D eigenvalue weighted by Gasteiger charge is -2.63. The van der Waals surface area contributed by atoms with Gasteiger partial charge in [-0.15, -0.1) is 0 Å². The largest absolute Gasteiger partial charge is 0.462 e. The summed E-state index contributed by atoms with van der Waals surface area (Å²) >= 11 is 0. The van der Waals surface area contributed by atoms with E-state index >= 15 is 0 Å². The zero-order valence-corrected chi connectivity index (χ0v) is 32.5. The van der Waals surface area contributed by atoms with Crippen LogP contribution >= 0.6 is 0 Å². The van der Waals surface area contributed by atoms with Gasteiger partial charge in [-0.1, -0.05) is 89.6 Å². The minimum Gasteiger partial charge on any atom is -0.462 e. The molecule has 6 nitrogen and oxygen atoms in total. The lowest BCUT2D eigenvalue weighted by Crippen LogP contribution is -2.61. The highest BCUT2D eigenvalue weighted by Gasteiger charge is 2.64. The minimum atomic E-state index is -0.550. The summed E-state index contributed by atoms with van der Waals surface area (Å²) in [6.07, 6.45) is 12.7. The van der Waals surface area contributed by atoms with E-state index < -0.39 is 5.41 Å². The van der Waals surface area contributed by atoms with Crippen LogP contribution in [-0.2, 0) is 19.0 Å². The molecule has 7 rings (SSSR count). The first-order chi connectivity index (χ1) is 24.6. The number of rotatable bonds is 6. The maximum Gasteiger partial charge on any atom is 0.338 e. The van der Waals surface area contributed by atoms with E-state index in [0.717, 1.165) is 57.8 Å². The van der Waals surface area contributed by atoms with E-state index in [4.69, 9.17) is 14.2 Å². The Morgan fingerprint density at radius 3 is 1.90 bits per heavy atom. The lowest BCUT2D eigenvalue weighted by atomic mass is 9.42. The van der Waals surface area contributed by atoms with Crippen molar-refractivity contribution < 1.29 is 28.6 Å². The van der Waals surface area contributed by atoms with E-state index in [0.29, 0.717) is 28.9 Å². The quantitative estimate of drug-likeness (QED) is 0.169. The Morgan fingerprint density at radius 2 is 1.25 bits per heavy atom. The van der Waals surface area contributed by atoms with Crippen molar-refractivity contribution in [3.8, 4) is 0 Å². The van der Waals surface area contributed by atoms with Crippen molar-refractivity contribution >= 4 is 17.9 Å². The number of carbonyl (C=O) groups excluding carboxylic acids is 3. The third-order valence-corrected chi connectivity index (χ3v) is 15.6. The van der Waals surface area contributed by atoms with E-state index in [-0.39, 0.29) is 64.3 Å². The van der Waals surface area contributed by atoms with Crippen LogP contribution < -0.4 is 0 Å². The fraction of sp³-hybridized carbons (Fsp3) is 0.630. The van der Waals surface area contributed by atoms with Crippen molar-refractivity contribution in [2.75, 3.05) is 6.61 Å². The number of fused-ring (bicyclic) bond motifs is 6. The molecule has 0 radical (unpaired) electrons. The second-order valence-corrected chi connectivity index (χ2v) is 18.8. The van der Waals surface area contributed by atoms with Gasteiger partial charge in [0.15, 0.2) is 0 Å². The van der Waals surface area contributed by atoms with Crippen molar-refractivity contribution in [1.29, 1.82) is 0 Å². The number of ether oxygens (including phenoxy) is 3. The maximum absolute atomic E-state index is 13.6. The van der Waals surface area contributed by atoms with Gasteiger partial charge in [0.1, 0.15) is 18.8 Å². The van der Waals surface area contributed by atoms with Gasteiger partial charge in [-0.3, -0.25) is 4.79 Å². The number of carbonyl (C=O) groups is 3. The number of esters is 3. The van der Waals surface area contributed by atoms with Crippen LogP contribution in [0.4, 0.5) is 0 Å². The molecule has 0 amide bonds. The topological polar surface area (TPSA) is 78.9 Å². The monoisotopic (exact) mass is 708 g/mol. The Hall–Kier alpha value is -3.41. The van der Waals surface area contributed by atoms with E-state index in [1.54, 1.807) is 24.6 Å². The Bertz CT molecular complexity index is 1700. The molecule has 0 unspecified atom stereocenters. The zero-order chi connectivity index (χ0) is 37.1. The maximum atomic E-state index is 13.6. The molecule has 0 saturated heterocycles. The van der Waals surface area contributed by atoms with Crippen molar-refractivity contribution in [2.24, 2.45) is 50.7 Å². The van der Waals surface area contributed by atoms with Crippen LogP contribution in [0.25, 0.3) is 0 Å². The molecule has 0 heterocycles. The minimum absolute atomic E-state index is 0.0202. The molecule has 5 aliphatic carbocycles. The normalized spacial score (nSPS) is 39.2. The molecule has 0 N–H and O–H groups in total. The summed E-state index contributed by atoms with van der Waals surface area (Å²) in [7, 11) is 0. The van der Waals surface area contributed by atoms with Gasteiger partial charge in [-0.05, 0) is 128 Å². The van der Waals surface area contributed by atoms with Crippen molar-refractivity contribution in [3.05, 3.63) is 83.4 Å². The molecule has 2 aromatic rings. The second kappa shape index (κ2) is 13.5. The predicted molar refractivity (Wildman–Crippen MR) is 202 cm³/mol. The molecule has 10 atom stereocenters. The van der Waals surface area contributed by atoms with Crippen molar-refractivity contribution in [1.82, 2.24) is 0 Å². The van der Waals surface area contributed by atoms with E-state index in [1.807, 2.05) is 48.5 Å². The van der Waals surface area contributed by atoms with Crippen LogP contribution in [0, 0.1) is 50.7 Å².